The Bertz CT molecular complexity index is 1040. The lowest BCUT2D eigenvalue weighted by Crippen LogP contribution is -2.27. The number of fused-ring (bicyclic) bond motifs is 3. The fraction of sp³-hybridized carbons (Fsp3) is 0.273. The third kappa shape index (κ3) is 2.91. The summed E-state index contributed by atoms with van der Waals surface area (Å²) in [6.45, 7) is 1.97. The van der Waals surface area contributed by atoms with Gasteiger partial charge in [0.25, 0.3) is 5.91 Å². The average molecular weight is 377 g/mol. The first kappa shape index (κ1) is 18.1. The van der Waals surface area contributed by atoms with Crippen LogP contribution in [0.25, 0.3) is 11.3 Å². The maximum absolute atomic E-state index is 13.0. The zero-order valence-corrected chi connectivity index (χ0v) is 16.4. The summed E-state index contributed by atoms with van der Waals surface area (Å²) in [7, 11) is 5.10. The van der Waals surface area contributed by atoms with Gasteiger partial charge in [-0.1, -0.05) is 30.3 Å². The topological polar surface area (TPSA) is 65.4 Å². The molecule has 0 unspecified atom stereocenters. The molecule has 4 rings (SSSR count). The smallest absolute Gasteiger partial charge is 0.272 e. The number of carbonyl (C=O) groups is 1. The molecule has 3 aromatic rings. The molecule has 1 aliphatic rings. The molecule has 1 N–H and O–H groups in total. The molecule has 0 aliphatic heterocycles. The number of ether oxygens (including phenoxy) is 2. The second-order valence-electron chi connectivity index (χ2n) is 6.95. The first-order valence-electron chi connectivity index (χ1n) is 9.20. The van der Waals surface area contributed by atoms with Crippen LogP contribution in [0.1, 0.15) is 40.1 Å². The van der Waals surface area contributed by atoms with Crippen LogP contribution >= 0.6 is 0 Å². The minimum absolute atomic E-state index is 0.102. The molecule has 28 heavy (non-hydrogen) atoms. The van der Waals surface area contributed by atoms with Gasteiger partial charge < -0.3 is 14.8 Å². The number of benzene rings is 2. The summed E-state index contributed by atoms with van der Waals surface area (Å²) in [5.41, 5.74) is 5.54. The van der Waals surface area contributed by atoms with Crippen molar-refractivity contribution in [3.8, 4) is 22.8 Å². The number of methoxy groups -OCH3 is 2. The van der Waals surface area contributed by atoms with Crippen molar-refractivity contribution in [2.45, 2.75) is 19.4 Å². The van der Waals surface area contributed by atoms with Crippen molar-refractivity contribution in [2.24, 2.45) is 7.05 Å². The van der Waals surface area contributed by atoms with Crippen molar-refractivity contribution < 1.29 is 14.3 Å². The highest BCUT2D eigenvalue weighted by Crippen LogP contribution is 2.43. The van der Waals surface area contributed by atoms with E-state index in [1.807, 2.05) is 56.4 Å². The van der Waals surface area contributed by atoms with Crippen molar-refractivity contribution in [1.82, 2.24) is 15.1 Å². The second-order valence-corrected chi connectivity index (χ2v) is 6.95. The molecular formula is C22H23N3O3. The van der Waals surface area contributed by atoms with Gasteiger partial charge in [0.1, 0.15) is 0 Å². The fourth-order valence-electron chi connectivity index (χ4n) is 3.82. The zero-order chi connectivity index (χ0) is 19.8. The molecular weight excluding hydrogens is 354 g/mol. The molecule has 6 heteroatoms. The van der Waals surface area contributed by atoms with Gasteiger partial charge in [-0.15, -0.1) is 0 Å². The molecule has 1 atom stereocenters. The Hall–Kier alpha value is -3.28. The maximum Gasteiger partial charge on any atom is 0.272 e. The molecule has 2 aromatic carbocycles. The Morgan fingerprint density at radius 3 is 2.50 bits per heavy atom. The van der Waals surface area contributed by atoms with Gasteiger partial charge in [0, 0.05) is 24.6 Å². The number of aryl methyl sites for hydroxylation is 1. The molecule has 0 spiro atoms. The summed E-state index contributed by atoms with van der Waals surface area (Å²) in [5.74, 6) is 1.18. The predicted molar refractivity (Wildman–Crippen MR) is 107 cm³/mol. The minimum Gasteiger partial charge on any atom is -0.493 e. The number of hydrogen-bond acceptors (Lipinski definition) is 4. The fourth-order valence-corrected chi connectivity index (χ4v) is 3.82. The van der Waals surface area contributed by atoms with Crippen molar-refractivity contribution in [2.75, 3.05) is 14.2 Å². The van der Waals surface area contributed by atoms with Crippen LogP contribution < -0.4 is 14.8 Å². The van der Waals surface area contributed by atoms with Crippen LogP contribution in [0.5, 0.6) is 11.5 Å². The van der Waals surface area contributed by atoms with Crippen LogP contribution in [-0.4, -0.2) is 29.9 Å². The van der Waals surface area contributed by atoms with E-state index < -0.39 is 0 Å². The monoisotopic (exact) mass is 377 g/mol. The van der Waals surface area contributed by atoms with Gasteiger partial charge in [0.15, 0.2) is 17.2 Å². The van der Waals surface area contributed by atoms with E-state index in [9.17, 15) is 4.79 Å². The quantitative estimate of drug-likeness (QED) is 0.578. The highest BCUT2D eigenvalue weighted by Gasteiger charge is 2.31. The molecule has 1 heterocycles. The number of amides is 1. The molecule has 1 aromatic heterocycles. The number of carbonyl (C=O) groups excluding carboxylic acids is 1. The second kappa shape index (κ2) is 7.03. The summed E-state index contributed by atoms with van der Waals surface area (Å²) in [4.78, 5) is 13.0. The summed E-state index contributed by atoms with van der Waals surface area (Å²) >= 11 is 0. The highest BCUT2D eigenvalue weighted by molar-refractivity contribution is 5.97. The zero-order valence-electron chi connectivity index (χ0n) is 16.4. The lowest BCUT2D eigenvalue weighted by atomic mass is 10.1. The van der Waals surface area contributed by atoms with Crippen molar-refractivity contribution in [3.05, 3.63) is 64.8 Å². The molecule has 0 radical (unpaired) electrons. The largest absolute Gasteiger partial charge is 0.493 e. The Balaban J connectivity index is 1.67. The van der Waals surface area contributed by atoms with Crippen LogP contribution in [0.3, 0.4) is 0 Å². The number of nitrogens with one attached hydrogen (secondary N) is 1. The molecule has 1 aliphatic carbocycles. The van der Waals surface area contributed by atoms with E-state index in [0.717, 1.165) is 27.9 Å². The molecule has 0 saturated heterocycles. The van der Waals surface area contributed by atoms with E-state index in [2.05, 4.69) is 10.4 Å². The van der Waals surface area contributed by atoms with Crippen LogP contribution in [-0.2, 0) is 13.5 Å². The lowest BCUT2D eigenvalue weighted by Gasteiger charge is -2.13. The van der Waals surface area contributed by atoms with Crippen molar-refractivity contribution >= 4 is 5.91 Å². The number of hydrogen-bond donors (Lipinski definition) is 1. The van der Waals surface area contributed by atoms with Gasteiger partial charge in [0.2, 0.25) is 0 Å². The van der Waals surface area contributed by atoms with Crippen LogP contribution in [0.4, 0.5) is 0 Å². The standard InChI is InChI=1S/C22H23N3O3/c1-13(14-8-6-5-7-9-14)23-22(26)20-17-10-15-11-18(27-3)19(28-4)12-16(15)21(17)25(2)24-20/h5-9,11-13H,10H2,1-4H3,(H,23,26)/t13-/m0/s1. The Morgan fingerprint density at radius 2 is 1.82 bits per heavy atom. The Morgan fingerprint density at radius 1 is 1.14 bits per heavy atom. The Kier molecular flexibility index (Phi) is 4.55. The van der Waals surface area contributed by atoms with Crippen LogP contribution in [0.15, 0.2) is 42.5 Å². The molecule has 0 bridgehead atoms. The van der Waals surface area contributed by atoms with Crippen LogP contribution in [0, 0.1) is 0 Å². The summed E-state index contributed by atoms with van der Waals surface area (Å²) in [5, 5.41) is 7.57. The lowest BCUT2D eigenvalue weighted by molar-refractivity contribution is 0.0933. The molecule has 6 nitrogen and oxygen atoms in total. The third-order valence-corrected chi connectivity index (χ3v) is 5.24. The van der Waals surface area contributed by atoms with E-state index in [0.29, 0.717) is 23.6 Å². The minimum atomic E-state index is -0.167. The van der Waals surface area contributed by atoms with E-state index >= 15 is 0 Å². The summed E-state index contributed by atoms with van der Waals surface area (Å²) < 4.78 is 12.6. The van der Waals surface area contributed by atoms with E-state index in [1.54, 1.807) is 18.9 Å². The van der Waals surface area contributed by atoms with E-state index in [-0.39, 0.29) is 11.9 Å². The van der Waals surface area contributed by atoms with Crippen molar-refractivity contribution in [3.63, 3.8) is 0 Å². The SMILES string of the molecule is COc1cc2c(cc1OC)-c1c(c(C(=O)N[C@@H](C)c3ccccc3)nn1C)C2. The third-order valence-electron chi connectivity index (χ3n) is 5.24. The first-order chi connectivity index (χ1) is 13.5. The van der Waals surface area contributed by atoms with Gasteiger partial charge in [0.05, 0.1) is 26.0 Å². The maximum atomic E-state index is 13.0. The number of rotatable bonds is 5. The van der Waals surface area contributed by atoms with Gasteiger partial charge >= 0.3 is 0 Å². The molecule has 144 valence electrons. The molecule has 0 saturated carbocycles. The van der Waals surface area contributed by atoms with Gasteiger partial charge in [-0.2, -0.15) is 5.10 Å². The van der Waals surface area contributed by atoms with Crippen LogP contribution in [0.2, 0.25) is 0 Å². The van der Waals surface area contributed by atoms with E-state index in [4.69, 9.17) is 9.47 Å². The summed E-state index contributed by atoms with van der Waals surface area (Å²) in [6.07, 6.45) is 0.640. The summed E-state index contributed by atoms with van der Waals surface area (Å²) in [6, 6.07) is 13.7. The van der Waals surface area contributed by atoms with E-state index in [1.165, 1.54) is 0 Å². The molecule has 1 amide bonds. The normalized spacial score (nSPS) is 12.9. The number of aromatic nitrogens is 2. The average Bonchev–Trinajstić information content (AvgIpc) is 3.24. The van der Waals surface area contributed by atoms with Gasteiger partial charge in [-0.05, 0) is 30.2 Å². The highest BCUT2D eigenvalue weighted by atomic mass is 16.5. The van der Waals surface area contributed by atoms with Gasteiger partial charge in [-0.25, -0.2) is 0 Å². The predicted octanol–water partition coefficient (Wildman–Crippen LogP) is 3.50. The number of nitrogens with zero attached hydrogens (tertiary/aromatic N) is 2. The van der Waals surface area contributed by atoms with Gasteiger partial charge in [-0.3, -0.25) is 9.48 Å². The molecule has 0 fully saturated rings. The Labute approximate surface area is 164 Å². The van der Waals surface area contributed by atoms with Crippen molar-refractivity contribution in [1.29, 1.82) is 0 Å². The first-order valence-corrected chi connectivity index (χ1v) is 9.20.